The standard InChI is InChI=1S/C13H18N2O5/c1-9-10(12(18)19)3-2-4-11(9)14-13(20)15(5-7-16)6-8-17/h2-4,16-17H,5-8H2,1H3,(H,14,20)(H,18,19). The minimum absolute atomic E-state index is 0.0874. The van der Waals surface area contributed by atoms with Crippen LogP contribution in [0.15, 0.2) is 18.2 Å². The number of carbonyl (C=O) groups excluding carboxylic acids is 1. The number of benzene rings is 1. The van der Waals surface area contributed by atoms with Gasteiger partial charge in [-0.15, -0.1) is 0 Å². The Balaban J connectivity index is 2.89. The van der Waals surface area contributed by atoms with Crippen LogP contribution >= 0.6 is 0 Å². The second-order valence-corrected chi connectivity index (χ2v) is 4.15. The van der Waals surface area contributed by atoms with Gasteiger partial charge in [0.05, 0.1) is 18.8 Å². The zero-order valence-corrected chi connectivity index (χ0v) is 11.2. The molecule has 1 aromatic carbocycles. The Labute approximate surface area is 116 Å². The maximum atomic E-state index is 12.0. The summed E-state index contributed by atoms with van der Waals surface area (Å²) in [5.41, 5.74) is 0.941. The maximum absolute atomic E-state index is 12.0. The number of nitrogens with zero attached hydrogens (tertiary/aromatic N) is 1. The molecule has 0 aliphatic heterocycles. The number of anilines is 1. The van der Waals surface area contributed by atoms with Gasteiger partial charge in [0.15, 0.2) is 0 Å². The van der Waals surface area contributed by atoms with Crippen molar-refractivity contribution in [3.63, 3.8) is 0 Å². The van der Waals surface area contributed by atoms with E-state index in [1.54, 1.807) is 13.0 Å². The van der Waals surface area contributed by atoms with Gasteiger partial charge >= 0.3 is 12.0 Å². The molecule has 0 saturated carbocycles. The van der Waals surface area contributed by atoms with Crippen LogP contribution in [-0.2, 0) is 0 Å². The first kappa shape index (κ1) is 15.9. The molecule has 0 atom stereocenters. The van der Waals surface area contributed by atoms with E-state index in [9.17, 15) is 9.59 Å². The van der Waals surface area contributed by atoms with E-state index in [1.165, 1.54) is 17.0 Å². The van der Waals surface area contributed by atoms with Gasteiger partial charge in [0, 0.05) is 18.8 Å². The molecule has 7 nitrogen and oxygen atoms in total. The van der Waals surface area contributed by atoms with Crippen molar-refractivity contribution >= 4 is 17.7 Å². The Morgan fingerprint density at radius 3 is 2.30 bits per heavy atom. The number of carboxylic acids is 1. The summed E-state index contributed by atoms with van der Waals surface area (Å²) in [7, 11) is 0. The molecule has 2 amide bonds. The fourth-order valence-electron chi connectivity index (χ4n) is 1.75. The largest absolute Gasteiger partial charge is 0.478 e. The van der Waals surface area contributed by atoms with Gasteiger partial charge in [0.25, 0.3) is 0 Å². The summed E-state index contributed by atoms with van der Waals surface area (Å²) in [6.07, 6.45) is 0. The van der Waals surface area contributed by atoms with Crippen LogP contribution in [0.1, 0.15) is 15.9 Å². The molecule has 0 aromatic heterocycles. The summed E-state index contributed by atoms with van der Waals surface area (Å²) < 4.78 is 0. The monoisotopic (exact) mass is 282 g/mol. The molecule has 0 spiro atoms. The molecule has 0 bridgehead atoms. The highest BCUT2D eigenvalue weighted by atomic mass is 16.4. The molecule has 0 unspecified atom stereocenters. The second-order valence-electron chi connectivity index (χ2n) is 4.15. The fourth-order valence-corrected chi connectivity index (χ4v) is 1.75. The highest BCUT2D eigenvalue weighted by Crippen LogP contribution is 2.19. The summed E-state index contributed by atoms with van der Waals surface area (Å²) in [4.78, 5) is 24.2. The van der Waals surface area contributed by atoms with Crippen molar-refractivity contribution in [2.45, 2.75) is 6.92 Å². The molecule has 0 aliphatic rings. The Morgan fingerprint density at radius 2 is 1.80 bits per heavy atom. The lowest BCUT2D eigenvalue weighted by Crippen LogP contribution is -2.39. The zero-order chi connectivity index (χ0) is 15.1. The average molecular weight is 282 g/mol. The molecule has 0 saturated heterocycles. The van der Waals surface area contributed by atoms with Crippen molar-refractivity contribution in [1.29, 1.82) is 0 Å². The SMILES string of the molecule is Cc1c(NC(=O)N(CCO)CCO)cccc1C(=O)O. The molecule has 0 fully saturated rings. The van der Waals surface area contributed by atoms with Crippen LogP contribution in [0.4, 0.5) is 10.5 Å². The van der Waals surface area contributed by atoms with Gasteiger partial charge in [0.1, 0.15) is 0 Å². The predicted molar refractivity (Wildman–Crippen MR) is 72.9 cm³/mol. The third-order valence-corrected chi connectivity index (χ3v) is 2.83. The minimum atomic E-state index is -1.07. The van der Waals surface area contributed by atoms with E-state index in [0.29, 0.717) is 11.3 Å². The van der Waals surface area contributed by atoms with Crippen molar-refractivity contribution in [3.05, 3.63) is 29.3 Å². The number of rotatable bonds is 6. The average Bonchev–Trinajstić information content (AvgIpc) is 2.40. The molecular formula is C13H18N2O5. The van der Waals surface area contributed by atoms with E-state index in [2.05, 4.69) is 5.32 Å². The van der Waals surface area contributed by atoms with Crippen molar-refractivity contribution in [2.75, 3.05) is 31.6 Å². The van der Waals surface area contributed by atoms with Crippen LogP contribution in [0.25, 0.3) is 0 Å². The molecule has 110 valence electrons. The number of hydrogen-bond donors (Lipinski definition) is 4. The smallest absolute Gasteiger partial charge is 0.336 e. The highest BCUT2D eigenvalue weighted by molar-refractivity contribution is 5.95. The van der Waals surface area contributed by atoms with Crippen LogP contribution in [0, 0.1) is 6.92 Å². The van der Waals surface area contributed by atoms with Gasteiger partial charge < -0.3 is 25.5 Å². The van der Waals surface area contributed by atoms with Gasteiger partial charge in [-0.1, -0.05) is 6.07 Å². The predicted octanol–water partition coefficient (Wildman–Crippen LogP) is 0.512. The maximum Gasteiger partial charge on any atom is 0.336 e. The first-order valence-electron chi connectivity index (χ1n) is 6.11. The third kappa shape index (κ3) is 3.94. The summed E-state index contributed by atoms with van der Waals surface area (Å²) in [6.45, 7) is 1.33. The van der Waals surface area contributed by atoms with E-state index < -0.39 is 12.0 Å². The summed E-state index contributed by atoms with van der Waals surface area (Å²) in [5.74, 6) is -1.07. The van der Waals surface area contributed by atoms with Gasteiger partial charge in [0.2, 0.25) is 0 Å². The number of carboxylic acid groups (broad SMARTS) is 1. The quantitative estimate of drug-likeness (QED) is 0.607. The first-order valence-corrected chi connectivity index (χ1v) is 6.11. The van der Waals surface area contributed by atoms with E-state index in [0.717, 1.165) is 0 Å². The summed E-state index contributed by atoms with van der Waals surface area (Å²) in [5, 5.41) is 29.3. The normalized spacial score (nSPS) is 10.2. The van der Waals surface area contributed by atoms with Crippen LogP contribution < -0.4 is 5.32 Å². The molecule has 0 radical (unpaired) electrons. The van der Waals surface area contributed by atoms with Crippen molar-refractivity contribution < 1.29 is 24.9 Å². The number of hydrogen-bond acceptors (Lipinski definition) is 4. The van der Waals surface area contributed by atoms with E-state index in [1.807, 2.05) is 0 Å². The number of amides is 2. The molecular weight excluding hydrogens is 264 g/mol. The topological polar surface area (TPSA) is 110 Å². The minimum Gasteiger partial charge on any atom is -0.478 e. The number of aliphatic hydroxyl groups excluding tert-OH is 2. The van der Waals surface area contributed by atoms with Gasteiger partial charge in [-0.3, -0.25) is 0 Å². The van der Waals surface area contributed by atoms with E-state index >= 15 is 0 Å². The molecule has 0 aliphatic carbocycles. The highest BCUT2D eigenvalue weighted by Gasteiger charge is 2.15. The number of nitrogens with one attached hydrogen (secondary N) is 1. The lowest BCUT2D eigenvalue weighted by atomic mass is 10.1. The number of aliphatic hydroxyl groups is 2. The lowest BCUT2D eigenvalue weighted by molar-refractivity contribution is 0.0696. The van der Waals surface area contributed by atoms with Crippen molar-refractivity contribution in [3.8, 4) is 0 Å². The number of urea groups is 1. The molecule has 7 heteroatoms. The third-order valence-electron chi connectivity index (χ3n) is 2.83. The molecule has 4 N–H and O–H groups in total. The Kier molecular flexibility index (Phi) is 5.95. The second kappa shape index (κ2) is 7.46. The van der Waals surface area contributed by atoms with E-state index in [4.69, 9.17) is 15.3 Å². The Bertz CT molecular complexity index is 484. The summed E-state index contributed by atoms with van der Waals surface area (Å²) >= 11 is 0. The van der Waals surface area contributed by atoms with Crippen LogP contribution in [0.2, 0.25) is 0 Å². The zero-order valence-electron chi connectivity index (χ0n) is 11.2. The fraction of sp³-hybridized carbons (Fsp3) is 0.385. The van der Waals surface area contributed by atoms with Crippen LogP contribution in [0.5, 0.6) is 0 Å². The first-order chi connectivity index (χ1) is 9.51. The number of aromatic carboxylic acids is 1. The summed E-state index contributed by atoms with van der Waals surface area (Å²) in [6, 6.07) is 4.08. The van der Waals surface area contributed by atoms with Gasteiger partial charge in [-0.2, -0.15) is 0 Å². The van der Waals surface area contributed by atoms with Crippen molar-refractivity contribution in [2.24, 2.45) is 0 Å². The van der Waals surface area contributed by atoms with E-state index in [-0.39, 0.29) is 31.9 Å². The van der Waals surface area contributed by atoms with Crippen LogP contribution in [0.3, 0.4) is 0 Å². The number of carbonyl (C=O) groups is 2. The Hall–Kier alpha value is -2.12. The van der Waals surface area contributed by atoms with Gasteiger partial charge in [-0.25, -0.2) is 9.59 Å². The molecule has 20 heavy (non-hydrogen) atoms. The van der Waals surface area contributed by atoms with Crippen molar-refractivity contribution in [1.82, 2.24) is 4.90 Å². The lowest BCUT2D eigenvalue weighted by Gasteiger charge is -2.22. The molecule has 1 aromatic rings. The molecule has 1 rings (SSSR count). The molecule has 0 heterocycles. The van der Waals surface area contributed by atoms with Crippen LogP contribution in [-0.4, -0.2) is 58.5 Å². The van der Waals surface area contributed by atoms with Gasteiger partial charge in [-0.05, 0) is 24.6 Å². The Morgan fingerprint density at radius 1 is 1.20 bits per heavy atom.